The van der Waals surface area contributed by atoms with Crippen molar-refractivity contribution >= 4 is 24.0 Å². The summed E-state index contributed by atoms with van der Waals surface area (Å²) in [6.07, 6.45) is -19.0. The summed E-state index contributed by atoms with van der Waals surface area (Å²) in [6.45, 7) is -1.22. The minimum Gasteiger partial charge on any atom is -0.493 e. The summed E-state index contributed by atoms with van der Waals surface area (Å²) < 4.78 is 50.5. The third-order valence-corrected chi connectivity index (χ3v) is 10.4. The number of hydrogen-bond donors (Lipinski definition) is 8. The lowest BCUT2D eigenvalue weighted by Crippen LogP contribution is -2.64. The number of benzene rings is 3. The molecule has 3 saturated heterocycles. The second kappa shape index (κ2) is 20.4. The Morgan fingerprint density at radius 1 is 0.710 bits per heavy atom. The number of esters is 3. The van der Waals surface area contributed by atoms with Gasteiger partial charge >= 0.3 is 17.9 Å². The van der Waals surface area contributed by atoms with Crippen LogP contribution in [0.15, 0.2) is 84.9 Å². The molecule has 0 aliphatic carbocycles. The molecule has 3 fully saturated rings. The number of ether oxygens (including phenoxy) is 9. The predicted molar refractivity (Wildman–Crippen MR) is 207 cm³/mol. The van der Waals surface area contributed by atoms with Gasteiger partial charge in [-0.1, -0.05) is 42.5 Å². The van der Waals surface area contributed by atoms with Crippen molar-refractivity contribution < 1.29 is 97.9 Å². The minimum atomic E-state index is -2.56. The molecular formula is C42H48O20. The number of aliphatic hydroxyl groups excluding tert-OH is 8. The highest BCUT2D eigenvalue weighted by Crippen LogP contribution is 2.39. The van der Waals surface area contributed by atoms with Gasteiger partial charge in [-0.3, -0.25) is 0 Å². The first-order valence-electron chi connectivity index (χ1n) is 19.4. The summed E-state index contributed by atoms with van der Waals surface area (Å²) in [5.41, 5.74) is 0.587. The highest BCUT2D eigenvalue weighted by atomic mass is 16.8. The molecule has 0 bridgehead atoms. The molecule has 62 heavy (non-hydrogen) atoms. The lowest BCUT2D eigenvalue weighted by Gasteiger charge is -2.44. The first kappa shape index (κ1) is 46.4. The van der Waals surface area contributed by atoms with Gasteiger partial charge in [0, 0.05) is 6.08 Å². The molecule has 0 unspecified atom stereocenters. The Kier molecular flexibility index (Phi) is 15.3. The lowest BCUT2D eigenvalue weighted by molar-refractivity contribution is -0.383. The highest BCUT2D eigenvalue weighted by Gasteiger charge is 2.61. The molecular weight excluding hydrogens is 824 g/mol. The molecule has 14 atom stereocenters. The maximum Gasteiger partial charge on any atom is 0.338 e. The van der Waals surface area contributed by atoms with Crippen molar-refractivity contribution in [3.63, 3.8) is 0 Å². The fourth-order valence-corrected chi connectivity index (χ4v) is 6.92. The molecule has 336 valence electrons. The normalized spacial score (nSPS) is 33.4. The van der Waals surface area contributed by atoms with Gasteiger partial charge in [0.25, 0.3) is 0 Å². The molecule has 8 N–H and O–H groups in total. The van der Waals surface area contributed by atoms with Crippen LogP contribution in [0, 0.1) is 0 Å². The first-order valence-corrected chi connectivity index (χ1v) is 19.4. The molecule has 0 spiro atoms. The second-order valence-electron chi connectivity index (χ2n) is 14.5. The molecule has 20 nitrogen and oxygen atoms in total. The van der Waals surface area contributed by atoms with Gasteiger partial charge in [-0.05, 0) is 55.0 Å². The van der Waals surface area contributed by atoms with Crippen molar-refractivity contribution in [3.05, 3.63) is 102 Å². The summed E-state index contributed by atoms with van der Waals surface area (Å²) in [6, 6.07) is 19.8. The zero-order valence-corrected chi connectivity index (χ0v) is 33.3. The lowest BCUT2D eigenvalue weighted by atomic mass is 9.98. The number of carbonyl (C=O) groups is 3. The Balaban J connectivity index is 1.18. The van der Waals surface area contributed by atoms with Crippen LogP contribution in [0.1, 0.15) is 33.2 Å². The smallest absolute Gasteiger partial charge is 0.338 e. The Labute approximate surface area is 353 Å². The van der Waals surface area contributed by atoms with E-state index in [0.717, 1.165) is 6.08 Å². The molecule has 20 heteroatoms. The first-order chi connectivity index (χ1) is 29.7. The van der Waals surface area contributed by atoms with Crippen LogP contribution >= 0.6 is 0 Å². The molecule has 3 heterocycles. The van der Waals surface area contributed by atoms with Gasteiger partial charge in [0.05, 0.1) is 30.9 Å². The quantitative estimate of drug-likeness (QED) is 0.0506. The van der Waals surface area contributed by atoms with Crippen molar-refractivity contribution in [2.45, 2.75) is 92.4 Å². The molecule has 0 radical (unpaired) electrons. The van der Waals surface area contributed by atoms with Crippen LogP contribution in [0.25, 0.3) is 6.08 Å². The maximum absolute atomic E-state index is 13.3. The van der Waals surface area contributed by atoms with Crippen molar-refractivity contribution in [3.8, 4) is 11.5 Å². The molecule has 0 aromatic heterocycles. The number of hydrogen-bond acceptors (Lipinski definition) is 20. The average Bonchev–Trinajstić information content (AvgIpc) is 3.55. The van der Waals surface area contributed by atoms with E-state index in [1.165, 1.54) is 62.6 Å². The van der Waals surface area contributed by atoms with E-state index in [4.69, 9.17) is 42.6 Å². The summed E-state index contributed by atoms with van der Waals surface area (Å²) in [4.78, 5) is 39.2. The Bertz CT molecular complexity index is 2000. The fourth-order valence-electron chi connectivity index (χ4n) is 6.92. The maximum atomic E-state index is 13.3. The molecule has 3 aromatic rings. The van der Waals surface area contributed by atoms with Gasteiger partial charge in [0.1, 0.15) is 62.0 Å². The topological polar surface area (TPSA) is 296 Å². The number of aliphatic hydroxyl groups is 8. The number of methoxy groups -OCH3 is 1. The van der Waals surface area contributed by atoms with Crippen LogP contribution in [0.5, 0.6) is 11.5 Å². The standard InChI is InChI=1S/C42H48O20/c1-21-30(46)32(48)34(50)40(56-21)57-25-15-13-22(17-26(25)54-2)14-16-29(45)59-37-31(47)27(18-43)61-42(37,20-44)62-41-35(51)33(49)36(60-39(53)24-11-7-4-8-12-24)28(58-41)19-55-38(52)23-9-5-3-6-10-23/h3-17,21,27-28,30-37,40-41,43-44,46-51H,18-20H2,1-2H3/b16-14+/t21-,27+,28+,30-,31+,32+,33+,34+,35+,36+,37-,40-,41+,42-/m0/s1. The molecule has 6 rings (SSSR count). The van der Waals surface area contributed by atoms with Gasteiger partial charge in [0.2, 0.25) is 12.1 Å². The Morgan fingerprint density at radius 2 is 1.35 bits per heavy atom. The zero-order valence-electron chi connectivity index (χ0n) is 33.3. The van der Waals surface area contributed by atoms with Gasteiger partial charge in [-0.2, -0.15) is 0 Å². The van der Waals surface area contributed by atoms with Crippen LogP contribution < -0.4 is 9.47 Å². The minimum absolute atomic E-state index is 0.0766. The van der Waals surface area contributed by atoms with Crippen molar-refractivity contribution in [2.24, 2.45) is 0 Å². The third-order valence-electron chi connectivity index (χ3n) is 10.4. The molecule has 0 amide bonds. The van der Waals surface area contributed by atoms with Crippen molar-refractivity contribution in [2.75, 3.05) is 26.9 Å². The Morgan fingerprint density at radius 3 is 1.98 bits per heavy atom. The van der Waals surface area contributed by atoms with Crippen LogP contribution in [-0.2, 0) is 38.0 Å². The fraction of sp³-hybridized carbons (Fsp3) is 0.452. The van der Waals surface area contributed by atoms with Crippen molar-refractivity contribution in [1.29, 1.82) is 0 Å². The SMILES string of the molecule is COc1cc(/C=C/C(=O)O[C@H]2[C@H](O)[C@@H](CO)O[C@@]2(CO)O[C@H]2O[C@H](COC(=O)c3ccccc3)[C@@H](OC(=O)c3ccccc3)[C@H](O)[C@H]2O)ccc1O[C@@H]1O[C@@H](C)[C@H](O)[C@@H](O)[C@H]1O. The number of rotatable bonds is 15. The number of carbonyl (C=O) groups excluding carboxylic acids is 3. The summed E-state index contributed by atoms with van der Waals surface area (Å²) in [7, 11) is 1.32. The van der Waals surface area contributed by atoms with Crippen LogP contribution in [0.2, 0.25) is 0 Å². The van der Waals surface area contributed by atoms with E-state index >= 15 is 0 Å². The van der Waals surface area contributed by atoms with Gasteiger partial charge in [-0.15, -0.1) is 0 Å². The molecule has 3 aliphatic heterocycles. The van der Waals surface area contributed by atoms with E-state index in [1.54, 1.807) is 36.4 Å². The van der Waals surface area contributed by atoms with E-state index in [1.807, 2.05) is 0 Å². The van der Waals surface area contributed by atoms with E-state index in [-0.39, 0.29) is 22.6 Å². The predicted octanol–water partition coefficient (Wildman–Crippen LogP) is -1.19. The van der Waals surface area contributed by atoms with E-state index in [2.05, 4.69) is 0 Å². The Hall–Kier alpha value is -5.07. The van der Waals surface area contributed by atoms with E-state index in [0.29, 0.717) is 5.56 Å². The monoisotopic (exact) mass is 872 g/mol. The summed E-state index contributed by atoms with van der Waals surface area (Å²) in [5.74, 6) is -5.23. The molecule has 0 saturated carbocycles. The third kappa shape index (κ3) is 10.2. The van der Waals surface area contributed by atoms with Gasteiger partial charge < -0.3 is 83.5 Å². The van der Waals surface area contributed by atoms with Gasteiger partial charge in [0.15, 0.2) is 30.0 Å². The van der Waals surface area contributed by atoms with Crippen LogP contribution in [0.3, 0.4) is 0 Å². The van der Waals surface area contributed by atoms with Crippen molar-refractivity contribution in [1.82, 2.24) is 0 Å². The molecule has 3 aromatic carbocycles. The zero-order chi connectivity index (χ0) is 44.7. The summed E-state index contributed by atoms with van der Waals surface area (Å²) >= 11 is 0. The molecule has 3 aliphatic rings. The van der Waals surface area contributed by atoms with Crippen LogP contribution in [-0.4, -0.2) is 171 Å². The largest absolute Gasteiger partial charge is 0.493 e. The van der Waals surface area contributed by atoms with E-state index < -0.39 is 123 Å². The van der Waals surface area contributed by atoms with Gasteiger partial charge in [-0.25, -0.2) is 14.4 Å². The van der Waals surface area contributed by atoms with E-state index in [9.17, 15) is 55.2 Å². The van der Waals surface area contributed by atoms with Crippen LogP contribution in [0.4, 0.5) is 0 Å². The average molecular weight is 873 g/mol. The highest BCUT2D eigenvalue weighted by molar-refractivity contribution is 5.90. The summed E-state index contributed by atoms with van der Waals surface area (Å²) in [5, 5.41) is 84.9. The second-order valence-corrected chi connectivity index (χ2v) is 14.5.